The standard InChI is InChI=1S/C10H20Cl2O4S/c1-3-5-7-9(11)15-17(13,14)16-10(12)8-6-4-2/h9-10H,3-8H2,1-2H3. The van der Waals surface area contributed by atoms with Crippen LogP contribution in [0.15, 0.2) is 0 Å². The Balaban J connectivity index is 4.01. The SMILES string of the molecule is CCCCC(Cl)OS(=O)(=O)OC(Cl)CCCC. The van der Waals surface area contributed by atoms with Gasteiger partial charge in [0.15, 0.2) is 11.1 Å². The van der Waals surface area contributed by atoms with E-state index in [1.54, 1.807) is 0 Å². The molecule has 0 saturated carbocycles. The average Bonchev–Trinajstić information content (AvgIpc) is 2.22. The highest BCUT2D eigenvalue weighted by molar-refractivity contribution is 7.82. The molecule has 4 nitrogen and oxygen atoms in total. The van der Waals surface area contributed by atoms with Gasteiger partial charge in [-0.25, -0.2) is 8.37 Å². The van der Waals surface area contributed by atoms with Crippen molar-refractivity contribution in [1.82, 2.24) is 0 Å². The summed E-state index contributed by atoms with van der Waals surface area (Å²) in [5, 5.41) is 0. The van der Waals surface area contributed by atoms with E-state index in [1.165, 1.54) is 0 Å². The molecule has 0 fully saturated rings. The largest absolute Gasteiger partial charge is 0.402 e. The van der Waals surface area contributed by atoms with Crippen molar-refractivity contribution in [3.8, 4) is 0 Å². The Labute approximate surface area is 114 Å². The summed E-state index contributed by atoms with van der Waals surface area (Å²) >= 11 is 11.4. The van der Waals surface area contributed by atoms with Gasteiger partial charge in [-0.05, 0) is 25.7 Å². The molecule has 0 N–H and O–H groups in total. The summed E-state index contributed by atoms with van der Waals surface area (Å²) < 4.78 is 32.0. The van der Waals surface area contributed by atoms with Gasteiger partial charge in [-0.1, -0.05) is 49.9 Å². The van der Waals surface area contributed by atoms with Gasteiger partial charge in [-0.15, -0.1) is 0 Å². The van der Waals surface area contributed by atoms with Crippen LogP contribution < -0.4 is 0 Å². The number of hydrogen-bond acceptors (Lipinski definition) is 4. The van der Waals surface area contributed by atoms with Gasteiger partial charge in [0.25, 0.3) is 0 Å². The maximum Gasteiger partial charge on any atom is 0.402 e. The van der Waals surface area contributed by atoms with Crippen LogP contribution in [0.1, 0.15) is 52.4 Å². The second-order valence-corrected chi connectivity index (χ2v) is 5.88. The summed E-state index contributed by atoms with van der Waals surface area (Å²) in [6.45, 7) is 3.96. The summed E-state index contributed by atoms with van der Waals surface area (Å²) in [5.41, 5.74) is -1.79. The molecule has 0 aliphatic carbocycles. The minimum Gasteiger partial charge on any atom is -0.229 e. The van der Waals surface area contributed by atoms with Crippen molar-refractivity contribution in [1.29, 1.82) is 0 Å². The molecule has 0 aromatic heterocycles. The average molecular weight is 307 g/mol. The molecule has 0 radical (unpaired) electrons. The van der Waals surface area contributed by atoms with Crippen molar-refractivity contribution in [2.75, 3.05) is 0 Å². The van der Waals surface area contributed by atoms with Crippen molar-refractivity contribution >= 4 is 33.6 Å². The normalized spacial score (nSPS) is 15.8. The van der Waals surface area contributed by atoms with Gasteiger partial charge in [-0.3, -0.25) is 0 Å². The third kappa shape index (κ3) is 10.1. The Bertz CT molecular complexity index is 260. The molecule has 0 spiro atoms. The van der Waals surface area contributed by atoms with Crippen LogP contribution in [-0.2, 0) is 18.8 Å². The van der Waals surface area contributed by atoms with Gasteiger partial charge in [0.2, 0.25) is 0 Å². The number of halogens is 2. The van der Waals surface area contributed by atoms with Crippen molar-refractivity contribution < 1.29 is 16.8 Å². The van der Waals surface area contributed by atoms with Crippen molar-refractivity contribution in [2.45, 2.75) is 63.5 Å². The first-order valence-electron chi connectivity index (χ1n) is 5.81. The molecule has 17 heavy (non-hydrogen) atoms. The highest BCUT2D eigenvalue weighted by Gasteiger charge is 2.22. The van der Waals surface area contributed by atoms with Gasteiger partial charge < -0.3 is 0 Å². The van der Waals surface area contributed by atoms with Gasteiger partial charge >= 0.3 is 10.4 Å². The third-order valence-electron chi connectivity index (χ3n) is 2.01. The minimum absolute atomic E-state index is 0.461. The predicted molar refractivity (Wildman–Crippen MR) is 69.4 cm³/mol. The summed E-state index contributed by atoms with van der Waals surface area (Å²) in [6.07, 6.45) is 4.35. The van der Waals surface area contributed by atoms with Crippen LogP contribution in [-0.4, -0.2) is 19.5 Å². The molecule has 2 atom stereocenters. The Hall–Kier alpha value is 0.450. The predicted octanol–water partition coefficient (Wildman–Crippen LogP) is 3.77. The van der Waals surface area contributed by atoms with E-state index in [9.17, 15) is 8.42 Å². The van der Waals surface area contributed by atoms with E-state index in [0.29, 0.717) is 12.8 Å². The monoisotopic (exact) mass is 306 g/mol. The van der Waals surface area contributed by atoms with Gasteiger partial charge in [0, 0.05) is 0 Å². The van der Waals surface area contributed by atoms with Crippen LogP contribution in [0.2, 0.25) is 0 Å². The lowest BCUT2D eigenvalue weighted by molar-refractivity contribution is 0.175. The van der Waals surface area contributed by atoms with E-state index >= 15 is 0 Å². The van der Waals surface area contributed by atoms with E-state index < -0.39 is 21.5 Å². The van der Waals surface area contributed by atoms with Crippen LogP contribution in [0.4, 0.5) is 0 Å². The fraction of sp³-hybridized carbons (Fsp3) is 1.00. The first-order valence-corrected chi connectivity index (χ1v) is 8.01. The fourth-order valence-electron chi connectivity index (χ4n) is 1.10. The Kier molecular flexibility index (Phi) is 9.64. The molecule has 2 unspecified atom stereocenters. The van der Waals surface area contributed by atoms with Crippen molar-refractivity contribution in [3.63, 3.8) is 0 Å². The molecule has 0 aromatic rings. The smallest absolute Gasteiger partial charge is 0.229 e. The summed E-state index contributed by atoms with van der Waals surface area (Å²) in [5.74, 6) is 0. The van der Waals surface area contributed by atoms with Crippen LogP contribution in [0.25, 0.3) is 0 Å². The number of rotatable bonds is 10. The van der Waals surface area contributed by atoms with Crippen LogP contribution in [0.3, 0.4) is 0 Å². The van der Waals surface area contributed by atoms with E-state index in [2.05, 4.69) is 8.37 Å². The summed E-state index contributed by atoms with van der Waals surface area (Å²) in [6, 6.07) is 0. The molecule has 0 aliphatic heterocycles. The topological polar surface area (TPSA) is 52.6 Å². The quantitative estimate of drug-likeness (QED) is 0.576. The van der Waals surface area contributed by atoms with E-state index in [-0.39, 0.29) is 0 Å². The molecular formula is C10H20Cl2O4S. The second-order valence-electron chi connectivity index (χ2n) is 3.71. The van der Waals surface area contributed by atoms with Crippen LogP contribution >= 0.6 is 23.2 Å². The van der Waals surface area contributed by atoms with Gasteiger partial charge in [-0.2, -0.15) is 8.42 Å². The van der Waals surface area contributed by atoms with E-state index in [1.807, 2.05) is 13.8 Å². The van der Waals surface area contributed by atoms with Crippen molar-refractivity contribution in [2.24, 2.45) is 0 Å². The first kappa shape index (κ1) is 17.4. The number of hydrogen-bond donors (Lipinski definition) is 0. The first-order chi connectivity index (χ1) is 7.91. The molecule has 0 bridgehead atoms. The number of alkyl halides is 2. The maximum absolute atomic E-state index is 11.4. The molecule has 7 heteroatoms. The van der Waals surface area contributed by atoms with Gasteiger partial charge in [0.1, 0.15) is 0 Å². The lowest BCUT2D eigenvalue weighted by Gasteiger charge is -2.13. The van der Waals surface area contributed by atoms with E-state index in [4.69, 9.17) is 23.2 Å². The van der Waals surface area contributed by atoms with Crippen molar-refractivity contribution in [3.05, 3.63) is 0 Å². The third-order valence-corrected chi connectivity index (χ3v) is 3.78. The molecular weight excluding hydrogens is 287 g/mol. The highest BCUT2D eigenvalue weighted by atomic mass is 35.5. The lowest BCUT2D eigenvalue weighted by Crippen LogP contribution is -2.19. The zero-order chi connectivity index (χ0) is 13.3. The molecule has 0 saturated heterocycles. The zero-order valence-corrected chi connectivity index (χ0v) is 12.5. The second kappa shape index (κ2) is 9.39. The van der Waals surface area contributed by atoms with Gasteiger partial charge in [0.05, 0.1) is 0 Å². The molecule has 0 rings (SSSR count). The number of unbranched alkanes of at least 4 members (excludes halogenated alkanes) is 2. The maximum atomic E-state index is 11.4. The summed E-state index contributed by atoms with van der Waals surface area (Å²) in [4.78, 5) is 0. The molecule has 0 heterocycles. The lowest BCUT2D eigenvalue weighted by atomic mass is 10.3. The summed E-state index contributed by atoms with van der Waals surface area (Å²) in [7, 11) is -4.10. The fourth-order valence-corrected chi connectivity index (χ4v) is 2.70. The Morgan fingerprint density at radius 3 is 1.59 bits per heavy atom. The molecule has 0 aromatic carbocycles. The molecule has 104 valence electrons. The van der Waals surface area contributed by atoms with Crippen LogP contribution in [0.5, 0.6) is 0 Å². The zero-order valence-electron chi connectivity index (χ0n) is 10.2. The molecule has 0 amide bonds. The molecule has 0 aliphatic rings. The Morgan fingerprint density at radius 2 is 1.29 bits per heavy atom. The highest BCUT2D eigenvalue weighted by Crippen LogP contribution is 2.17. The minimum atomic E-state index is -4.10. The Morgan fingerprint density at radius 1 is 0.941 bits per heavy atom. The van der Waals surface area contributed by atoms with Crippen LogP contribution in [0, 0.1) is 0 Å². The van der Waals surface area contributed by atoms with E-state index in [0.717, 1.165) is 25.7 Å².